The van der Waals surface area contributed by atoms with Crippen molar-refractivity contribution in [1.82, 2.24) is 5.32 Å². The molecule has 3 amide bonds. The zero-order valence-corrected chi connectivity index (χ0v) is 14.4. The molecule has 4 N–H and O–H groups in total. The molecule has 0 bridgehead atoms. The van der Waals surface area contributed by atoms with Gasteiger partial charge in [-0.1, -0.05) is 25.3 Å². The van der Waals surface area contributed by atoms with Crippen LogP contribution >= 0.6 is 0 Å². The van der Waals surface area contributed by atoms with Crippen LogP contribution in [0.25, 0.3) is 0 Å². The Bertz CT molecular complexity index is 627. The van der Waals surface area contributed by atoms with Gasteiger partial charge < -0.3 is 21.1 Å². The van der Waals surface area contributed by atoms with E-state index in [4.69, 9.17) is 0 Å². The molecule has 1 saturated carbocycles. The first-order valence-corrected chi connectivity index (χ1v) is 8.60. The Morgan fingerprint density at radius 3 is 2.36 bits per heavy atom. The third-order valence-electron chi connectivity index (χ3n) is 4.31. The summed E-state index contributed by atoms with van der Waals surface area (Å²) in [6.45, 7) is 1.46. The number of amides is 3. The van der Waals surface area contributed by atoms with Crippen LogP contribution < -0.4 is 16.0 Å². The third-order valence-corrected chi connectivity index (χ3v) is 4.31. The summed E-state index contributed by atoms with van der Waals surface area (Å²) in [5.74, 6) is -1.64. The summed E-state index contributed by atoms with van der Waals surface area (Å²) in [5.41, 5.74) is 0.928. The molecule has 1 aromatic rings. The van der Waals surface area contributed by atoms with Crippen LogP contribution in [-0.2, 0) is 14.4 Å². The molecule has 7 heteroatoms. The zero-order chi connectivity index (χ0) is 18.2. The van der Waals surface area contributed by atoms with Gasteiger partial charge in [0.15, 0.2) is 0 Å². The highest BCUT2D eigenvalue weighted by Crippen LogP contribution is 2.26. The van der Waals surface area contributed by atoms with Crippen molar-refractivity contribution in [3.05, 3.63) is 24.3 Å². The highest BCUT2D eigenvalue weighted by atomic mass is 16.3. The molecule has 0 aromatic heterocycles. The van der Waals surface area contributed by atoms with Crippen LogP contribution in [-0.4, -0.2) is 35.5 Å². The molecule has 1 atom stereocenters. The van der Waals surface area contributed by atoms with E-state index in [1.54, 1.807) is 24.3 Å². The van der Waals surface area contributed by atoms with Gasteiger partial charge in [0.1, 0.15) is 0 Å². The van der Waals surface area contributed by atoms with Gasteiger partial charge in [-0.2, -0.15) is 0 Å². The normalized spacial score (nSPS) is 15.9. The van der Waals surface area contributed by atoms with Crippen LogP contribution in [0.15, 0.2) is 24.3 Å². The fraction of sp³-hybridized carbons (Fsp3) is 0.500. The zero-order valence-electron chi connectivity index (χ0n) is 14.4. The lowest BCUT2D eigenvalue weighted by Gasteiger charge is -2.26. The number of hydrogen-bond donors (Lipinski definition) is 4. The summed E-state index contributed by atoms with van der Waals surface area (Å²) in [4.78, 5) is 34.9. The monoisotopic (exact) mass is 347 g/mol. The number of carbonyl (C=O) groups excluding carboxylic acids is 3. The van der Waals surface area contributed by atoms with Crippen molar-refractivity contribution in [1.29, 1.82) is 0 Å². The molecular weight excluding hydrogens is 322 g/mol. The lowest BCUT2D eigenvalue weighted by atomic mass is 9.85. The summed E-state index contributed by atoms with van der Waals surface area (Å²) in [7, 11) is 0. The Balaban J connectivity index is 1.81. The van der Waals surface area contributed by atoms with E-state index >= 15 is 0 Å². The number of rotatable bonds is 5. The van der Waals surface area contributed by atoms with Crippen LogP contribution in [0.4, 0.5) is 11.4 Å². The van der Waals surface area contributed by atoms with Gasteiger partial charge in [0.2, 0.25) is 5.91 Å². The minimum Gasteiger partial charge on any atom is -0.391 e. The van der Waals surface area contributed by atoms with E-state index in [2.05, 4.69) is 16.0 Å². The standard InChI is InChI=1S/C18H25N3O4/c1-12(22)20-14-8-5-9-15(10-14)21-18(25)17(24)19-11-16(23)13-6-3-2-4-7-13/h5,8-10,13,16,23H,2-4,6-7,11H2,1H3,(H,19,24)(H,20,22)(H,21,25). The molecule has 0 saturated heterocycles. The van der Waals surface area contributed by atoms with Crippen LogP contribution in [0, 0.1) is 5.92 Å². The van der Waals surface area contributed by atoms with E-state index in [0.717, 1.165) is 25.7 Å². The number of aliphatic hydroxyl groups excluding tert-OH is 1. The summed E-state index contributed by atoms with van der Waals surface area (Å²) in [6.07, 6.45) is 4.68. The first kappa shape index (κ1) is 18.9. The predicted octanol–water partition coefficient (Wildman–Crippen LogP) is 1.64. The largest absolute Gasteiger partial charge is 0.391 e. The van der Waals surface area contributed by atoms with E-state index in [0.29, 0.717) is 11.4 Å². The fourth-order valence-corrected chi connectivity index (χ4v) is 3.03. The molecule has 1 fully saturated rings. The summed E-state index contributed by atoms with van der Waals surface area (Å²) in [6, 6.07) is 6.51. The second-order valence-corrected chi connectivity index (χ2v) is 6.39. The number of carbonyl (C=O) groups is 3. The Morgan fingerprint density at radius 1 is 1.08 bits per heavy atom. The molecule has 2 rings (SSSR count). The molecule has 1 aliphatic carbocycles. The molecule has 1 aromatic carbocycles. The maximum absolute atomic E-state index is 11.9. The van der Waals surface area contributed by atoms with E-state index in [1.165, 1.54) is 13.3 Å². The van der Waals surface area contributed by atoms with Crippen LogP contribution in [0.1, 0.15) is 39.0 Å². The van der Waals surface area contributed by atoms with Gasteiger partial charge in [0, 0.05) is 24.8 Å². The first-order valence-electron chi connectivity index (χ1n) is 8.60. The Labute approximate surface area is 147 Å². The molecule has 1 unspecified atom stereocenters. The number of hydrogen-bond acceptors (Lipinski definition) is 4. The van der Waals surface area contributed by atoms with Crippen molar-refractivity contribution in [2.45, 2.75) is 45.1 Å². The van der Waals surface area contributed by atoms with Crippen molar-refractivity contribution >= 4 is 29.1 Å². The topological polar surface area (TPSA) is 108 Å². The number of nitrogens with one attached hydrogen (secondary N) is 3. The maximum atomic E-state index is 11.9. The Hall–Kier alpha value is -2.41. The molecule has 7 nitrogen and oxygen atoms in total. The average Bonchev–Trinajstić information content (AvgIpc) is 2.59. The van der Waals surface area contributed by atoms with Gasteiger partial charge in [0.25, 0.3) is 0 Å². The summed E-state index contributed by atoms with van der Waals surface area (Å²) < 4.78 is 0. The van der Waals surface area contributed by atoms with Gasteiger partial charge in [-0.15, -0.1) is 0 Å². The maximum Gasteiger partial charge on any atom is 0.313 e. The summed E-state index contributed by atoms with van der Waals surface area (Å²) in [5, 5.41) is 17.7. The van der Waals surface area contributed by atoms with Crippen molar-refractivity contribution < 1.29 is 19.5 Å². The fourth-order valence-electron chi connectivity index (χ4n) is 3.03. The molecular formula is C18H25N3O4. The van der Waals surface area contributed by atoms with Gasteiger partial charge >= 0.3 is 11.8 Å². The van der Waals surface area contributed by atoms with E-state index < -0.39 is 17.9 Å². The minimum absolute atomic E-state index is 0.0723. The van der Waals surface area contributed by atoms with Crippen LogP contribution in [0.5, 0.6) is 0 Å². The highest BCUT2D eigenvalue weighted by Gasteiger charge is 2.23. The lowest BCUT2D eigenvalue weighted by molar-refractivity contribution is -0.136. The van der Waals surface area contributed by atoms with Crippen molar-refractivity contribution in [2.75, 3.05) is 17.2 Å². The second-order valence-electron chi connectivity index (χ2n) is 6.39. The molecule has 1 aliphatic rings. The van der Waals surface area contributed by atoms with Gasteiger partial charge in [-0.3, -0.25) is 14.4 Å². The van der Waals surface area contributed by atoms with Gasteiger partial charge in [0.05, 0.1) is 6.10 Å². The van der Waals surface area contributed by atoms with Gasteiger partial charge in [-0.25, -0.2) is 0 Å². The van der Waals surface area contributed by atoms with E-state index in [-0.39, 0.29) is 18.4 Å². The molecule has 25 heavy (non-hydrogen) atoms. The van der Waals surface area contributed by atoms with Gasteiger partial charge in [-0.05, 0) is 37.0 Å². The summed E-state index contributed by atoms with van der Waals surface area (Å²) >= 11 is 0. The number of aliphatic hydroxyl groups is 1. The van der Waals surface area contributed by atoms with E-state index in [9.17, 15) is 19.5 Å². The Morgan fingerprint density at radius 2 is 1.72 bits per heavy atom. The SMILES string of the molecule is CC(=O)Nc1cccc(NC(=O)C(=O)NCC(O)C2CCCCC2)c1. The van der Waals surface area contributed by atoms with E-state index in [1.807, 2.05) is 0 Å². The number of anilines is 2. The van der Waals surface area contributed by atoms with Crippen LogP contribution in [0.2, 0.25) is 0 Å². The highest BCUT2D eigenvalue weighted by molar-refractivity contribution is 6.39. The Kier molecular flexibility index (Phi) is 6.94. The molecule has 136 valence electrons. The second kappa shape index (κ2) is 9.17. The number of benzene rings is 1. The predicted molar refractivity (Wildman–Crippen MR) is 95.0 cm³/mol. The first-order chi connectivity index (χ1) is 12.0. The third kappa shape index (κ3) is 6.19. The average molecular weight is 347 g/mol. The minimum atomic E-state index is -0.809. The quantitative estimate of drug-likeness (QED) is 0.607. The van der Waals surface area contributed by atoms with Crippen molar-refractivity contribution in [3.63, 3.8) is 0 Å². The smallest absolute Gasteiger partial charge is 0.313 e. The molecule has 0 heterocycles. The molecule has 0 spiro atoms. The lowest BCUT2D eigenvalue weighted by Crippen LogP contribution is -2.42. The van der Waals surface area contributed by atoms with Crippen molar-refractivity contribution in [2.24, 2.45) is 5.92 Å². The van der Waals surface area contributed by atoms with Crippen molar-refractivity contribution in [3.8, 4) is 0 Å². The molecule has 0 aliphatic heterocycles. The molecule has 0 radical (unpaired) electrons. The van der Waals surface area contributed by atoms with Crippen LogP contribution in [0.3, 0.4) is 0 Å².